The van der Waals surface area contributed by atoms with Crippen LogP contribution in [0.5, 0.6) is 0 Å². The van der Waals surface area contributed by atoms with Crippen LogP contribution in [0.25, 0.3) is 0 Å². The van der Waals surface area contributed by atoms with Crippen molar-refractivity contribution < 1.29 is 14.7 Å². The van der Waals surface area contributed by atoms with Gasteiger partial charge in [-0.1, -0.05) is 29.3 Å². The first-order valence-corrected chi connectivity index (χ1v) is 10.3. The number of amides is 1. The monoisotopic (exact) mass is 461 g/mol. The zero-order valence-electron chi connectivity index (χ0n) is 16.5. The molecule has 0 saturated heterocycles. The number of aromatic nitrogens is 3. The van der Waals surface area contributed by atoms with E-state index in [9.17, 15) is 14.7 Å². The zero-order valence-corrected chi connectivity index (χ0v) is 18.0. The number of nitrogens with one attached hydrogen (secondary N) is 2. The molecule has 2 aromatic heterocycles. The first kappa shape index (κ1) is 22.6. The van der Waals surface area contributed by atoms with E-state index >= 15 is 0 Å². The minimum absolute atomic E-state index is 0.310. The Balaban J connectivity index is 1.58. The van der Waals surface area contributed by atoms with E-state index in [0.29, 0.717) is 34.3 Å². The number of hydrogen-bond acceptors (Lipinski definition) is 5. The molecule has 3 rings (SSSR count). The van der Waals surface area contributed by atoms with E-state index in [4.69, 9.17) is 23.2 Å². The van der Waals surface area contributed by atoms with Crippen LogP contribution in [-0.4, -0.2) is 38.3 Å². The van der Waals surface area contributed by atoms with E-state index in [1.165, 1.54) is 6.20 Å². The van der Waals surface area contributed by atoms with Crippen LogP contribution in [0, 0.1) is 0 Å². The fourth-order valence-corrected chi connectivity index (χ4v) is 3.52. The molecule has 8 nitrogen and oxygen atoms in total. The van der Waals surface area contributed by atoms with E-state index in [-0.39, 0.29) is 6.42 Å². The molecule has 31 heavy (non-hydrogen) atoms. The van der Waals surface area contributed by atoms with Crippen LogP contribution in [-0.2, 0) is 11.3 Å². The molecular formula is C21H21Cl2N5O3. The Kier molecular flexibility index (Phi) is 7.86. The van der Waals surface area contributed by atoms with Gasteiger partial charge in [-0.15, -0.1) is 0 Å². The van der Waals surface area contributed by atoms with Crippen LogP contribution in [0.3, 0.4) is 0 Å². The minimum atomic E-state index is -1.06. The van der Waals surface area contributed by atoms with Crippen molar-refractivity contribution in [3.05, 3.63) is 76.2 Å². The number of halogens is 2. The Morgan fingerprint density at radius 1 is 1.16 bits per heavy atom. The topological polar surface area (TPSA) is 109 Å². The van der Waals surface area contributed by atoms with Crippen molar-refractivity contribution in [2.75, 3.05) is 11.9 Å². The summed E-state index contributed by atoms with van der Waals surface area (Å²) >= 11 is 12.0. The molecule has 1 aromatic carbocycles. The van der Waals surface area contributed by atoms with Gasteiger partial charge < -0.3 is 15.7 Å². The molecule has 1 amide bonds. The molecule has 2 heterocycles. The quantitative estimate of drug-likeness (QED) is 0.393. The van der Waals surface area contributed by atoms with Gasteiger partial charge in [0, 0.05) is 35.5 Å². The molecule has 162 valence electrons. The van der Waals surface area contributed by atoms with Gasteiger partial charge >= 0.3 is 5.97 Å². The second kappa shape index (κ2) is 10.8. The Labute approximate surface area is 189 Å². The van der Waals surface area contributed by atoms with Gasteiger partial charge in [-0.25, -0.2) is 4.98 Å². The third-order valence-electron chi connectivity index (χ3n) is 4.40. The number of carbonyl (C=O) groups is 2. The summed E-state index contributed by atoms with van der Waals surface area (Å²) in [6.07, 6.45) is 5.26. The molecule has 1 unspecified atom stereocenters. The van der Waals surface area contributed by atoms with E-state index in [1.54, 1.807) is 35.3 Å². The Bertz CT molecular complexity index is 1020. The lowest BCUT2D eigenvalue weighted by Crippen LogP contribution is -2.30. The summed E-state index contributed by atoms with van der Waals surface area (Å²) in [6, 6.07) is 9.56. The van der Waals surface area contributed by atoms with Crippen molar-refractivity contribution in [1.29, 1.82) is 0 Å². The van der Waals surface area contributed by atoms with Gasteiger partial charge in [0.05, 0.1) is 24.2 Å². The summed E-state index contributed by atoms with van der Waals surface area (Å²) < 4.78 is 1.66. The fourth-order valence-electron chi connectivity index (χ4n) is 2.97. The van der Waals surface area contributed by atoms with Crippen molar-refractivity contribution >= 4 is 40.9 Å². The molecule has 10 heteroatoms. The average molecular weight is 462 g/mol. The zero-order chi connectivity index (χ0) is 22.2. The highest BCUT2D eigenvalue weighted by atomic mass is 35.5. The second-order valence-electron chi connectivity index (χ2n) is 6.81. The molecular weight excluding hydrogens is 441 g/mol. The van der Waals surface area contributed by atoms with Crippen molar-refractivity contribution in [2.45, 2.75) is 25.4 Å². The van der Waals surface area contributed by atoms with Crippen LogP contribution >= 0.6 is 23.2 Å². The second-order valence-corrected chi connectivity index (χ2v) is 7.69. The first-order valence-electron chi connectivity index (χ1n) is 9.57. The minimum Gasteiger partial charge on any atom is -0.481 e. The molecule has 3 aromatic rings. The van der Waals surface area contributed by atoms with Gasteiger partial charge in [0.15, 0.2) is 0 Å². The first-order chi connectivity index (χ1) is 14.9. The maximum atomic E-state index is 12.7. The Morgan fingerprint density at radius 2 is 1.94 bits per heavy atom. The van der Waals surface area contributed by atoms with Crippen LogP contribution in [0.15, 0.2) is 55.0 Å². The number of carboxylic acid groups (broad SMARTS) is 1. The van der Waals surface area contributed by atoms with Gasteiger partial charge in [0.2, 0.25) is 0 Å². The summed E-state index contributed by atoms with van der Waals surface area (Å²) in [7, 11) is 0. The SMILES string of the molecule is O=C(O)CC(NC(=O)c1cnn(CCCNc2ccccn2)c1)c1cc(Cl)cc(Cl)c1. The Morgan fingerprint density at radius 3 is 2.61 bits per heavy atom. The van der Waals surface area contributed by atoms with E-state index in [2.05, 4.69) is 20.7 Å². The van der Waals surface area contributed by atoms with Crippen LogP contribution in [0.4, 0.5) is 5.82 Å². The highest BCUT2D eigenvalue weighted by molar-refractivity contribution is 6.34. The van der Waals surface area contributed by atoms with Crippen LogP contribution in [0.2, 0.25) is 10.0 Å². The standard InChI is InChI=1S/C21H21Cl2N5O3/c22-16-8-14(9-17(23)10-16)18(11-20(29)30)27-21(31)15-12-26-28(13-15)7-3-6-25-19-4-1-2-5-24-19/h1-2,4-5,8-10,12-13,18H,3,6-7,11H2,(H,24,25)(H,27,31)(H,29,30). The number of benzene rings is 1. The highest BCUT2D eigenvalue weighted by Gasteiger charge is 2.20. The lowest BCUT2D eigenvalue weighted by molar-refractivity contribution is -0.137. The van der Waals surface area contributed by atoms with Gasteiger partial charge in [-0.05, 0) is 42.3 Å². The third-order valence-corrected chi connectivity index (χ3v) is 4.84. The predicted molar refractivity (Wildman–Crippen MR) is 118 cm³/mol. The fraction of sp³-hybridized carbons (Fsp3) is 0.238. The number of nitrogens with zero attached hydrogens (tertiary/aromatic N) is 3. The lowest BCUT2D eigenvalue weighted by atomic mass is 10.0. The number of rotatable bonds is 10. The number of carbonyl (C=O) groups excluding carboxylic acids is 1. The molecule has 0 bridgehead atoms. The number of hydrogen-bond donors (Lipinski definition) is 3. The van der Waals surface area contributed by atoms with Crippen LogP contribution in [0.1, 0.15) is 34.8 Å². The lowest BCUT2D eigenvalue weighted by Gasteiger charge is -2.17. The molecule has 0 spiro atoms. The van der Waals surface area contributed by atoms with Crippen molar-refractivity contribution in [3.63, 3.8) is 0 Å². The largest absolute Gasteiger partial charge is 0.481 e. The molecule has 0 aliphatic rings. The van der Waals surface area contributed by atoms with Gasteiger partial charge in [0.25, 0.3) is 5.91 Å². The van der Waals surface area contributed by atoms with Crippen molar-refractivity contribution in [3.8, 4) is 0 Å². The summed E-state index contributed by atoms with van der Waals surface area (Å²) in [5.41, 5.74) is 0.849. The van der Waals surface area contributed by atoms with E-state index in [1.807, 2.05) is 18.2 Å². The Hall–Kier alpha value is -3.10. The average Bonchev–Trinajstić information content (AvgIpc) is 3.19. The van der Waals surface area contributed by atoms with Crippen LogP contribution < -0.4 is 10.6 Å². The van der Waals surface area contributed by atoms with Crippen molar-refractivity contribution in [1.82, 2.24) is 20.1 Å². The molecule has 3 N–H and O–H groups in total. The maximum absolute atomic E-state index is 12.7. The van der Waals surface area contributed by atoms with E-state index in [0.717, 1.165) is 12.2 Å². The number of aryl methyl sites for hydroxylation is 1. The third kappa shape index (κ3) is 6.97. The van der Waals surface area contributed by atoms with Gasteiger partial charge in [0.1, 0.15) is 5.82 Å². The number of carboxylic acids is 1. The highest BCUT2D eigenvalue weighted by Crippen LogP contribution is 2.25. The molecule has 0 saturated carbocycles. The van der Waals surface area contributed by atoms with Gasteiger partial charge in [-0.2, -0.15) is 5.10 Å². The molecule has 0 radical (unpaired) electrons. The molecule has 0 aliphatic heterocycles. The van der Waals surface area contributed by atoms with Crippen molar-refractivity contribution in [2.24, 2.45) is 0 Å². The smallest absolute Gasteiger partial charge is 0.305 e. The molecule has 1 atom stereocenters. The molecule has 0 fully saturated rings. The summed E-state index contributed by atoms with van der Waals surface area (Å²) in [4.78, 5) is 28.1. The van der Waals surface area contributed by atoms with Gasteiger partial charge in [-0.3, -0.25) is 14.3 Å². The van der Waals surface area contributed by atoms with E-state index < -0.39 is 17.9 Å². The normalized spacial score (nSPS) is 11.7. The number of anilines is 1. The number of pyridine rings is 1. The number of aliphatic carboxylic acids is 1. The predicted octanol–water partition coefficient (Wildman–Crippen LogP) is 4.03. The summed E-state index contributed by atoms with van der Waals surface area (Å²) in [5, 5.41) is 20.1. The summed E-state index contributed by atoms with van der Waals surface area (Å²) in [6.45, 7) is 1.31. The maximum Gasteiger partial charge on any atom is 0.305 e. The molecule has 0 aliphatic carbocycles. The summed E-state index contributed by atoms with van der Waals surface area (Å²) in [5.74, 6) is -0.689.